The van der Waals surface area contributed by atoms with Gasteiger partial charge in [0.05, 0.1) is 0 Å². The molecule has 0 atom stereocenters. The summed E-state index contributed by atoms with van der Waals surface area (Å²) < 4.78 is 0. The molecule has 1 heterocycles. The van der Waals surface area contributed by atoms with Crippen LogP contribution in [0.2, 0.25) is 0 Å². The quantitative estimate of drug-likeness (QED) is 0.613. The molecule has 0 aromatic heterocycles. The third kappa shape index (κ3) is 4.18. The van der Waals surface area contributed by atoms with E-state index in [9.17, 15) is 4.79 Å². The zero-order valence-electron chi connectivity index (χ0n) is 14.9. The number of benzene rings is 1. The van der Waals surface area contributed by atoms with E-state index in [-0.39, 0.29) is 5.78 Å². The number of rotatable bonds is 5. The second kappa shape index (κ2) is 7.84. The molecule has 0 unspecified atom stereocenters. The Bertz CT molecular complexity index is 565. The molecule has 0 N–H and O–H groups in total. The van der Waals surface area contributed by atoms with Crippen LogP contribution >= 0.6 is 0 Å². The molecule has 2 fully saturated rings. The van der Waals surface area contributed by atoms with E-state index in [1.54, 1.807) is 6.08 Å². The first-order valence-electron chi connectivity index (χ1n) is 9.11. The van der Waals surface area contributed by atoms with E-state index < -0.39 is 0 Å². The van der Waals surface area contributed by atoms with Crippen LogP contribution in [0.15, 0.2) is 36.5 Å². The average molecular weight is 327 g/mol. The highest BCUT2D eigenvalue weighted by atomic mass is 16.1. The smallest absolute Gasteiger partial charge is 0.187 e. The molecule has 4 nitrogen and oxygen atoms in total. The van der Waals surface area contributed by atoms with Crippen LogP contribution in [0.4, 0.5) is 5.69 Å². The largest absolute Gasteiger partial charge is 0.378 e. The molecule has 0 bridgehead atoms. The van der Waals surface area contributed by atoms with Crippen LogP contribution in [0, 0.1) is 0 Å². The minimum atomic E-state index is 0.0820. The number of hydrogen-bond acceptors (Lipinski definition) is 4. The molecule has 0 radical (unpaired) electrons. The second-order valence-corrected chi connectivity index (χ2v) is 7.13. The molecule has 1 aromatic carbocycles. The van der Waals surface area contributed by atoms with Crippen molar-refractivity contribution in [2.45, 2.75) is 31.7 Å². The van der Waals surface area contributed by atoms with E-state index in [0.29, 0.717) is 0 Å². The third-order valence-electron chi connectivity index (χ3n) is 5.29. The predicted molar refractivity (Wildman–Crippen MR) is 99.6 cm³/mol. The molecule has 1 saturated carbocycles. The van der Waals surface area contributed by atoms with Crippen LogP contribution < -0.4 is 4.90 Å². The van der Waals surface area contributed by atoms with E-state index in [4.69, 9.17) is 0 Å². The van der Waals surface area contributed by atoms with Gasteiger partial charge in [-0.1, -0.05) is 12.8 Å². The van der Waals surface area contributed by atoms with Crippen LogP contribution in [0.3, 0.4) is 0 Å². The molecule has 1 aromatic rings. The maximum atomic E-state index is 12.3. The molecule has 2 aliphatic rings. The Morgan fingerprint density at radius 2 is 1.67 bits per heavy atom. The van der Waals surface area contributed by atoms with E-state index in [1.807, 2.05) is 49.5 Å². The summed E-state index contributed by atoms with van der Waals surface area (Å²) in [5, 5.41) is 0. The first-order chi connectivity index (χ1) is 11.6. The van der Waals surface area contributed by atoms with E-state index in [1.165, 1.54) is 25.7 Å². The molecular weight excluding hydrogens is 298 g/mol. The van der Waals surface area contributed by atoms with Crippen molar-refractivity contribution in [3.05, 3.63) is 42.1 Å². The summed E-state index contributed by atoms with van der Waals surface area (Å²) in [7, 11) is 4.00. The lowest BCUT2D eigenvalue weighted by molar-refractivity contribution is 0.103. The fraction of sp³-hybridized carbons (Fsp3) is 0.550. The van der Waals surface area contributed by atoms with Crippen molar-refractivity contribution in [2.24, 2.45) is 0 Å². The molecule has 1 aliphatic heterocycles. The van der Waals surface area contributed by atoms with Crippen molar-refractivity contribution < 1.29 is 4.79 Å². The Balaban J connectivity index is 1.49. The summed E-state index contributed by atoms with van der Waals surface area (Å²) in [6.45, 7) is 4.31. The summed E-state index contributed by atoms with van der Waals surface area (Å²) in [6.07, 6.45) is 9.23. The van der Waals surface area contributed by atoms with Gasteiger partial charge in [-0.3, -0.25) is 9.69 Å². The van der Waals surface area contributed by atoms with Crippen LogP contribution in [0.5, 0.6) is 0 Å². The molecule has 130 valence electrons. The number of carbonyl (C=O) groups is 1. The summed E-state index contributed by atoms with van der Waals surface area (Å²) in [6, 6.07) is 8.59. The van der Waals surface area contributed by atoms with Crippen molar-refractivity contribution in [1.29, 1.82) is 0 Å². The zero-order valence-corrected chi connectivity index (χ0v) is 14.9. The number of carbonyl (C=O) groups excluding carboxylic acids is 1. The highest BCUT2D eigenvalue weighted by molar-refractivity contribution is 6.04. The lowest BCUT2D eigenvalue weighted by Gasteiger charge is -2.37. The summed E-state index contributed by atoms with van der Waals surface area (Å²) in [5.74, 6) is 0.0820. The van der Waals surface area contributed by atoms with Gasteiger partial charge in [0.15, 0.2) is 5.78 Å². The predicted octanol–water partition coefficient (Wildman–Crippen LogP) is 3.01. The maximum Gasteiger partial charge on any atom is 0.187 e. The van der Waals surface area contributed by atoms with Gasteiger partial charge < -0.3 is 9.80 Å². The fourth-order valence-corrected chi connectivity index (χ4v) is 3.71. The standard InChI is InChI=1S/C20H29N3O/c1-21(2)18-9-7-17(8-10-18)20(24)11-12-22-13-15-23(16-14-22)19-5-3-4-6-19/h7-12,19H,3-6,13-16H2,1-2H3. The molecular formula is C20H29N3O. The average Bonchev–Trinajstić information content (AvgIpc) is 3.15. The van der Waals surface area contributed by atoms with Gasteiger partial charge >= 0.3 is 0 Å². The number of hydrogen-bond donors (Lipinski definition) is 0. The van der Waals surface area contributed by atoms with Crippen molar-refractivity contribution in [3.63, 3.8) is 0 Å². The summed E-state index contributed by atoms with van der Waals surface area (Å²) in [5.41, 5.74) is 1.86. The molecule has 24 heavy (non-hydrogen) atoms. The molecule has 1 aliphatic carbocycles. The van der Waals surface area contributed by atoms with E-state index >= 15 is 0 Å². The lowest BCUT2D eigenvalue weighted by atomic mass is 10.1. The van der Waals surface area contributed by atoms with E-state index in [2.05, 4.69) is 9.80 Å². The SMILES string of the molecule is CN(C)c1ccc(C(=O)C=CN2CCN(C3CCCC3)CC2)cc1. The number of allylic oxidation sites excluding steroid dienone is 1. The lowest BCUT2D eigenvalue weighted by Crippen LogP contribution is -2.47. The molecule has 0 spiro atoms. The second-order valence-electron chi connectivity index (χ2n) is 7.13. The van der Waals surface area contributed by atoms with Crippen molar-refractivity contribution in [2.75, 3.05) is 45.2 Å². The van der Waals surface area contributed by atoms with Crippen LogP contribution in [-0.4, -0.2) is 61.9 Å². The maximum absolute atomic E-state index is 12.3. The Hall–Kier alpha value is -1.81. The normalized spacial score (nSPS) is 20.0. The molecule has 0 amide bonds. The minimum Gasteiger partial charge on any atom is -0.378 e. The van der Waals surface area contributed by atoms with Gasteiger partial charge in [0.2, 0.25) is 0 Å². The first kappa shape index (κ1) is 17.0. The van der Waals surface area contributed by atoms with Gasteiger partial charge in [-0.25, -0.2) is 0 Å². The minimum absolute atomic E-state index is 0.0820. The number of nitrogens with zero attached hydrogens (tertiary/aromatic N) is 3. The van der Waals surface area contributed by atoms with Gasteiger partial charge in [0, 0.05) is 69.8 Å². The Morgan fingerprint density at radius 3 is 2.25 bits per heavy atom. The van der Waals surface area contributed by atoms with Gasteiger partial charge in [0.25, 0.3) is 0 Å². The van der Waals surface area contributed by atoms with Crippen LogP contribution in [0.1, 0.15) is 36.0 Å². The molecule has 3 rings (SSSR count). The Kier molecular flexibility index (Phi) is 5.56. The summed E-state index contributed by atoms with van der Waals surface area (Å²) >= 11 is 0. The van der Waals surface area contributed by atoms with Gasteiger partial charge in [-0.05, 0) is 37.1 Å². The van der Waals surface area contributed by atoms with Crippen molar-refractivity contribution in [3.8, 4) is 0 Å². The molecule has 1 saturated heterocycles. The fourth-order valence-electron chi connectivity index (χ4n) is 3.71. The monoisotopic (exact) mass is 327 g/mol. The number of piperazine rings is 1. The van der Waals surface area contributed by atoms with Crippen molar-refractivity contribution in [1.82, 2.24) is 9.80 Å². The first-order valence-corrected chi connectivity index (χ1v) is 9.11. The van der Waals surface area contributed by atoms with Crippen molar-refractivity contribution >= 4 is 11.5 Å². The van der Waals surface area contributed by atoms with Crippen LogP contribution in [0.25, 0.3) is 0 Å². The highest BCUT2D eigenvalue weighted by Crippen LogP contribution is 2.24. The van der Waals surface area contributed by atoms with Crippen LogP contribution in [-0.2, 0) is 0 Å². The van der Waals surface area contributed by atoms with E-state index in [0.717, 1.165) is 43.5 Å². The number of ketones is 1. The zero-order chi connectivity index (χ0) is 16.9. The topological polar surface area (TPSA) is 26.8 Å². The summed E-state index contributed by atoms with van der Waals surface area (Å²) in [4.78, 5) is 19.3. The van der Waals surface area contributed by atoms with Gasteiger partial charge in [-0.2, -0.15) is 0 Å². The Morgan fingerprint density at radius 1 is 1.04 bits per heavy atom. The molecule has 4 heteroatoms. The Labute approximate surface area is 145 Å². The highest BCUT2D eigenvalue weighted by Gasteiger charge is 2.25. The number of anilines is 1. The van der Waals surface area contributed by atoms with Gasteiger partial charge in [-0.15, -0.1) is 0 Å². The third-order valence-corrected chi connectivity index (χ3v) is 5.29. The van der Waals surface area contributed by atoms with Gasteiger partial charge in [0.1, 0.15) is 0 Å².